The Morgan fingerprint density at radius 1 is 0.971 bits per heavy atom. The summed E-state index contributed by atoms with van der Waals surface area (Å²) in [6, 6.07) is 17.5. The third kappa shape index (κ3) is 3.56. The molecule has 0 aliphatic carbocycles. The quantitative estimate of drug-likeness (QED) is 0.200. The highest BCUT2D eigenvalue weighted by Crippen LogP contribution is 2.44. The van der Waals surface area contributed by atoms with E-state index in [2.05, 4.69) is 4.85 Å². The highest BCUT2D eigenvalue weighted by Gasteiger charge is 2.24. The normalized spacial score (nSPS) is 13.6. The minimum Gasteiger partial charge on any atom is -0.456 e. The molecule has 3 aromatic carbocycles. The fourth-order valence-electron chi connectivity index (χ4n) is 4.52. The van der Waals surface area contributed by atoms with Crippen LogP contribution in [0.15, 0.2) is 71.1 Å². The lowest BCUT2D eigenvalue weighted by Crippen LogP contribution is -2.35. The van der Waals surface area contributed by atoms with Gasteiger partial charge in [0.05, 0.1) is 14.9 Å². The summed E-state index contributed by atoms with van der Waals surface area (Å²) in [6.45, 7) is 15.0. The fourth-order valence-corrected chi connectivity index (χ4v) is 4.52. The number of fused-ring (bicyclic) bond motifs is 3. The number of hydrogen-bond donors (Lipinski definition) is 0. The first-order valence-corrected chi connectivity index (χ1v) is 11.4. The summed E-state index contributed by atoms with van der Waals surface area (Å²) in [6.07, 6.45) is -1.86. The molecule has 34 heavy (non-hydrogen) atoms. The Morgan fingerprint density at radius 3 is 2.32 bits per heavy atom. The minimum absolute atomic E-state index is 0.0111. The molecular weight excluding hydrogens is 416 g/mol. The van der Waals surface area contributed by atoms with Crippen molar-refractivity contribution in [2.75, 3.05) is 0 Å². The van der Waals surface area contributed by atoms with E-state index in [0.717, 1.165) is 27.5 Å². The van der Waals surface area contributed by atoms with Gasteiger partial charge in [-0.25, -0.2) is 4.85 Å². The Labute approximate surface area is 206 Å². The topological polar surface area (TPSA) is 21.4 Å². The molecule has 0 spiro atoms. The van der Waals surface area contributed by atoms with Crippen molar-refractivity contribution in [2.45, 2.75) is 34.1 Å². The van der Waals surface area contributed by atoms with Crippen LogP contribution in [0, 0.1) is 26.3 Å². The van der Waals surface area contributed by atoms with Gasteiger partial charge in [0, 0.05) is 38.1 Å². The third-order valence-corrected chi connectivity index (χ3v) is 6.24. The molecule has 0 amide bonds. The standard InChI is InChI=1S/C31H29N2O/c1-19(2)16-22-17-21(4)33(6)27(18-22)28-20(3)12-13-24-25-14-15-26(32-5)29(31(25)34-30(24)28)23-10-8-7-9-11-23/h7-15,17-19H,16H2,1-4,6H3/q+1/i16D2,17D,18D. The van der Waals surface area contributed by atoms with Crippen LogP contribution in [0.25, 0.3) is 49.2 Å². The van der Waals surface area contributed by atoms with E-state index < -0.39 is 12.3 Å². The lowest BCUT2D eigenvalue weighted by atomic mass is 9.96. The molecule has 168 valence electrons. The number of benzene rings is 3. The van der Waals surface area contributed by atoms with Crippen LogP contribution in [0.2, 0.25) is 0 Å². The van der Waals surface area contributed by atoms with E-state index in [1.807, 2.05) is 68.6 Å². The minimum atomic E-state index is -1.86. The van der Waals surface area contributed by atoms with Gasteiger partial charge in [0.2, 0.25) is 5.69 Å². The fraction of sp³-hybridized carbons (Fsp3) is 0.226. The number of hydrogen-bond acceptors (Lipinski definition) is 1. The molecule has 0 unspecified atom stereocenters. The van der Waals surface area contributed by atoms with Crippen LogP contribution in [0.3, 0.4) is 0 Å². The lowest BCUT2D eigenvalue weighted by molar-refractivity contribution is -0.666. The van der Waals surface area contributed by atoms with Gasteiger partial charge in [-0.15, -0.1) is 0 Å². The largest absolute Gasteiger partial charge is 0.456 e. The van der Waals surface area contributed by atoms with Gasteiger partial charge in [-0.1, -0.05) is 68.4 Å². The molecule has 2 heterocycles. The summed E-state index contributed by atoms with van der Waals surface area (Å²) in [7, 11) is 1.81. The van der Waals surface area contributed by atoms with Gasteiger partial charge in [0.25, 0.3) is 0 Å². The van der Waals surface area contributed by atoms with E-state index >= 15 is 0 Å². The first-order chi connectivity index (χ1) is 18.0. The van der Waals surface area contributed by atoms with Crippen molar-refractivity contribution in [3.8, 4) is 22.4 Å². The first kappa shape index (κ1) is 17.6. The van der Waals surface area contributed by atoms with Crippen molar-refractivity contribution in [3.63, 3.8) is 0 Å². The van der Waals surface area contributed by atoms with Crippen LogP contribution in [0.4, 0.5) is 5.69 Å². The van der Waals surface area contributed by atoms with Crippen LogP contribution in [-0.4, -0.2) is 0 Å². The smallest absolute Gasteiger partial charge is 0.216 e. The number of rotatable bonds is 4. The van der Waals surface area contributed by atoms with Crippen molar-refractivity contribution >= 4 is 27.6 Å². The molecule has 0 N–H and O–H groups in total. The zero-order valence-corrected chi connectivity index (χ0v) is 20.1. The van der Waals surface area contributed by atoms with Crippen molar-refractivity contribution in [2.24, 2.45) is 13.0 Å². The van der Waals surface area contributed by atoms with Gasteiger partial charge in [0.15, 0.2) is 11.4 Å². The molecule has 5 aromatic rings. The number of aryl methyl sites for hydroxylation is 1. The summed E-state index contributed by atoms with van der Waals surface area (Å²) in [4.78, 5) is 3.76. The van der Waals surface area contributed by atoms with Crippen LogP contribution >= 0.6 is 0 Å². The van der Waals surface area contributed by atoms with Crippen LogP contribution in [0.5, 0.6) is 0 Å². The number of furan rings is 1. The summed E-state index contributed by atoms with van der Waals surface area (Å²) in [5, 5.41) is 1.72. The van der Waals surface area contributed by atoms with E-state index in [1.165, 1.54) is 0 Å². The Bertz CT molecular complexity index is 1780. The Kier molecular flexibility index (Phi) is 4.37. The molecule has 3 heteroatoms. The maximum absolute atomic E-state index is 9.20. The molecule has 5 rings (SSSR count). The first-order valence-electron chi connectivity index (χ1n) is 13.4. The zero-order chi connectivity index (χ0) is 27.5. The third-order valence-electron chi connectivity index (χ3n) is 6.24. The lowest BCUT2D eigenvalue weighted by Gasteiger charge is -2.11. The molecule has 2 aromatic heterocycles. The molecule has 0 aliphatic heterocycles. The van der Waals surface area contributed by atoms with Gasteiger partial charge >= 0.3 is 0 Å². The molecular formula is C31H29N2O+. The zero-order valence-electron chi connectivity index (χ0n) is 24.1. The molecule has 0 aliphatic rings. The molecule has 0 saturated carbocycles. The predicted molar refractivity (Wildman–Crippen MR) is 140 cm³/mol. The monoisotopic (exact) mass is 449 g/mol. The van der Waals surface area contributed by atoms with Gasteiger partial charge in [-0.05, 0) is 35.9 Å². The highest BCUT2D eigenvalue weighted by atomic mass is 16.3. The number of aromatic nitrogens is 1. The summed E-state index contributed by atoms with van der Waals surface area (Å²) < 4.78 is 43.9. The predicted octanol–water partition coefficient (Wildman–Crippen LogP) is 8.11. The average Bonchev–Trinajstić information content (AvgIpc) is 3.27. The van der Waals surface area contributed by atoms with Gasteiger partial charge in [-0.2, -0.15) is 4.57 Å². The Balaban J connectivity index is 1.94. The Morgan fingerprint density at radius 2 is 1.65 bits per heavy atom. The molecule has 0 saturated heterocycles. The number of nitrogens with zero attached hydrogens (tertiary/aromatic N) is 2. The van der Waals surface area contributed by atoms with Crippen LogP contribution in [0.1, 0.15) is 36.2 Å². The van der Waals surface area contributed by atoms with E-state index in [1.54, 1.807) is 25.3 Å². The van der Waals surface area contributed by atoms with Crippen LogP contribution < -0.4 is 4.57 Å². The maximum atomic E-state index is 9.20. The van der Waals surface area contributed by atoms with Crippen molar-refractivity contribution < 1.29 is 14.5 Å². The SMILES string of the molecule is [2H]c1c(C([2H])([2H])C(C)C)c([2H])c(-c2c(C)ccc3c2oc2c(-c4ccccc4)c([N+]#[C-])ccc23)[n+](C)c1C. The average molecular weight is 450 g/mol. The van der Waals surface area contributed by atoms with Crippen molar-refractivity contribution in [1.29, 1.82) is 0 Å². The second-order valence-corrected chi connectivity index (χ2v) is 8.97. The van der Waals surface area contributed by atoms with Gasteiger partial charge in [0.1, 0.15) is 18.2 Å². The van der Waals surface area contributed by atoms with E-state index in [0.29, 0.717) is 33.8 Å². The summed E-state index contributed by atoms with van der Waals surface area (Å²) >= 11 is 0. The summed E-state index contributed by atoms with van der Waals surface area (Å²) in [5.41, 5.74) is 6.02. The summed E-state index contributed by atoms with van der Waals surface area (Å²) in [5.74, 6) is -0.417. The second-order valence-electron chi connectivity index (χ2n) is 8.97. The van der Waals surface area contributed by atoms with E-state index in [9.17, 15) is 1.37 Å². The van der Waals surface area contributed by atoms with E-state index in [4.69, 9.17) is 15.1 Å². The second kappa shape index (κ2) is 8.47. The number of pyridine rings is 1. The van der Waals surface area contributed by atoms with Gasteiger partial charge in [-0.3, -0.25) is 0 Å². The van der Waals surface area contributed by atoms with Gasteiger partial charge < -0.3 is 4.42 Å². The molecule has 0 bridgehead atoms. The molecule has 0 radical (unpaired) electrons. The van der Waals surface area contributed by atoms with Crippen LogP contribution in [-0.2, 0) is 13.4 Å². The maximum Gasteiger partial charge on any atom is 0.216 e. The molecule has 3 nitrogen and oxygen atoms in total. The van der Waals surface area contributed by atoms with Crippen molar-refractivity contribution in [1.82, 2.24) is 0 Å². The Hall–Kier alpha value is -3.90. The highest BCUT2D eigenvalue weighted by molar-refractivity contribution is 6.15. The molecule has 0 atom stereocenters. The van der Waals surface area contributed by atoms with E-state index in [-0.39, 0.29) is 17.6 Å². The van der Waals surface area contributed by atoms with Crippen molar-refractivity contribution in [3.05, 3.63) is 94.9 Å². The molecule has 0 fully saturated rings.